The van der Waals surface area contributed by atoms with Gasteiger partial charge in [0.1, 0.15) is 16.6 Å². The minimum atomic E-state index is -3.85. The quantitative estimate of drug-likeness (QED) is 0.383. The molecule has 3 aromatic heterocycles. The van der Waals surface area contributed by atoms with Crippen LogP contribution in [0, 0.1) is 23.0 Å². The van der Waals surface area contributed by atoms with Crippen LogP contribution in [-0.4, -0.2) is 40.3 Å². The summed E-state index contributed by atoms with van der Waals surface area (Å²) in [6.45, 7) is 1.44. The van der Waals surface area contributed by atoms with Crippen LogP contribution in [0.5, 0.6) is 0 Å². The lowest BCUT2D eigenvalue weighted by Gasteiger charge is -2.14. The lowest BCUT2D eigenvalue weighted by Crippen LogP contribution is -2.10. The van der Waals surface area contributed by atoms with E-state index in [1.54, 1.807) is 0 Å². The van der Waals surface area contributed by atoms with Gasteiger partial charge in [-0.3, -0.25) is 10.3 Å². The van der Waals surface area contributed by atoms with Crippen LogP contribution in [0.15, 0.2) is 17.6 Å². The number of nitriles is 1. The normalized spacial score (nSPS) is 13.2. The predicted molar refractivity (Wildman–Crippen MR) is 121 cm³/mol. The van der Waals surface area contributed by atoms with Crippen molar-refractivity contribution in [2.75, 3.05) is 11.1 Å². The molecule has 1 aromatic carbocycles. The van der Waals surface area contributed by atoms with Crippen molar-refractivity contribution in [3.05, 3.63) is 40.7 Å². The number of nitrogens with one attached hydrogen (secondary N) is 1. The lowest BCUT2D eigenvalue weighted by atomic mass is 9.94. The van der Waals surface area contributed by atoms with Crippen LogP contribution in [-0.2, 0) is 27.8 Å². The summed E-state index contributed by atoms with van der Waals surface area (Å²) in [6.07, 6.45) is 0.605. The molecule has 0 radical (unpaired) electrons. The predicted octanol–water partition coefficient (Wildman–Crippen LogP) is 3.97. The summed E-state index contributed by atoms with van der Waals surface area (Å²) >= 11 is 0.676. The molecule has 2 N–H and O–H groups in total. The second-order valence-electron chi connectivity index (χ2n) is 7.46. The van der Waals surface area contributed by atoms with Crippen molar-refractivity contribution in [3.8, 4) is 17.3 Å². The molecular formula is C21H13F2N5O5S2. The monoisotopic (exact) mass is 517 g/mol. The Morgan fingerprint density at radius 3 is 2.71 bits per heavy atom. The van der Waals surface area contributed by atoms with Crippen molar-refractivity contribution in [1.82, 2.24) is 15.0 Å². The van der Waals surface area contributed by atoms with Crippen LogP contribution in [0.1, 0.15) is 23.6 Å². The third-order valence-corrected chi connectivity index (χ3v) is 8.20. The third kappa shape index (κ3) is 3.47. The SMILES string of the molecule is CCS(=O)(=O)c1ncc2c3c(c(-c4ncc(F)c5sc(NC(=O)O)c(C#N)c45)c(F)c2n1)COC3. The molecule has 14 heteroatoms. The Morgan fingerprint density at radius 2 is 2.03 bits per heavy atom. The number of fused-ring (bicyclic) bond motifs is 4. The number of hydrogen-bond donors (Lipinski definition) is 2. The molecule has 0 saturated carbocycles. The number of carboxylic acid groups (broad SMARTS) is 1. The van der Waals surface area contributed by atoms with E-state index in [4.69, 9.17) is 9.84 Å². The molecule has 0 unspecified atom stereocenters. The maximum Gasteiger partial charge on any atom is 0.409 e. The molecule has 10 nitrogen and oxygen atoms in total. The van der Waals surface area contributed by atoms with Crippen LogP contribution >= 0.6 is 11.3 Å². The number of halogens is 2. The van der Waals surface area contributed by atoms with Gasteiger partial charge >= 0.3 is 6.09 Å². The fourth-order valence-corrected chi connectivity index (χ4v) is 5.72. The molecule has 178 valence electrons. The molecule has 5 rings (SSSR count). The fraction of sp³-hybridized carbons (Fsp3) is 0.190. The molecule has 0 aliphatic carbocycles. The summed E-state index contributed by atoms with van der Waals surface area (Å²) in [5.41, 5.74) is 0.111. The second-order valence-corrected chi connectivity index (χ2v) is 10.7. The van der Waals surface area contributed by atoms with Gasteiger partial charge in [-0.1, -0.05) is 6.92 Å². The van der Waals surface area contributed by atoms with Crippen molar-refractivity contribution in [1.29, 1.82) is 5.26 Å². The number of ether oxygens (including phenoxy) is 1. The zero-order valence-corrected chi connectivity index (χ0v) is 19.4. The first kappa shape index (κ1) is 23.0. The van der Waals surface area contributed by atoms with Crippen LogP contribution < -0.4 is 5.32 Å². The van der Waals surface area contributed by atoms with E-state index in [-0.39, 0.29) is 61.8 Å². The summed E-state index contributed by atoms with van der Waals surface area (Å²) < 4.78 is 60.8. The highest BCUT2D eigenvalue weighted by atomic mass is 32.2. The second kappa shape index (κ2) is 8.15. The molecule has 0 atom stereocenters. The lowest BCUT2D eigenvalue weighted by molar-refractivity contribution is 0.135. The van der Waals surface area contributed by atoms with Gasteiger partial charge in [0.05, 0.1) is 41.1 Å². The van der Waals surface area contributed by atoms with Crippen LogP contribution in [0.3, 0.4) is 0 Å². The maximum atomic E-state index is 16.1. The number of benzene rings is 1. The molecule has 1 aliphatic rings. The van der Waals surface area contributed by atoms with E-state index in [1.807, 2.05) is 6.07 Å². The number of thiophene rings is 1. The van der Waals surface area contributed by atoms with Gasteiger partial charge in [-0.05, 0) is 11.1 Å². The highest BCUT2D eigenvalue weighted by molar-refractivity contribution is 7.91. The number of sulfone groups is 1. The van der Waals surface area contributed by atoms with E-state index in [0.717, 1.165) is 6.20 Å². The van der Waals surface area contributed by atoms with Gasteiger partial charge in [0.25, 0.3) is 0 Å². The van der Waals surface area contributed by atoms with Crippen LogP contribution in [0.2, 0.25) is 0 Å². The van der Waals surface area contributed by atoms with E-state index < -0.39 is 32.7 Å². The summed E-state index contributed by atoms with van der Waals surface area (Å²) in [5.74, 6) is -2.06. The first-order valence-corrected chi connectivity index (χ1v) is 12.5. The molecule has 1 aliphatic heterocycles. The van der Waals surface area contributed by atoms with Crippen molar-refractivity contribution in [2.24, 2.45) is 0 Å². The summed E-state index contributed by atoms with van der Waals surface area (Å²) in [4.78, 5) is 23.1. The van der Waals surface area contributed by atoms with E-state index in [1.165, 1.54) is 13.1 Å². The number of amides is 1. The van der Waals surface area contributed by atoms with E-state index >= 15 is 4.39 Å². The molecule has 0 fully saturated rings. The number of carbonyl (C=O) groups is 1. The average molecular weight is 517 g/mol. The van der Waals surface area contributed by atoms with Crippen molar-refractivity contribution < 1.29 is 31.8 Å². The van der Waals surface area contributed by atoms with E-state index in [0.29, 0.717) is 22.5 Å². The molecule has 4 aromatic rings. The molecule has 35 heavy (non-hydrogen) atoms. The number of aromatic nitrogens is 3. The van der Waals surface area contributed by atoms with Gasteiger partial charge in [-0.2, -0.15) is 5.26 Å². The fourth-order valence-electron chi connectivity index (χ4n) is 3.97. The Bertz CT molecular complexity index is 1730. The third-order valence-electron chi connectivity index (χ3n) is 5.57. The Balaban J connectivity index is 1.91. The topological polar surface area (TPSA) is 155 Å². The molecule has 0 saturated heterocycles. The zero-order chi connectivity index (χ0) is 25.1. The Labute approximate surface area is 199 Å². The highest BCUT2D eigenvalue weighted by Gasteiger charge is 2.31. The number of pyridine rings is 1. The summed E-state index contributed by atoms with van der Waals surface area (Å²) in [7, 11) is -3.85. The standard InChI is InChI=1S/C21H13F2N5O5S2/c1-2-35(31,32)20-26-4-9-10-6-33-7-11(10)13(15(23)16(9)27-20)17-14-8(3-24)19(28-21(29)30)34-18(14)12(22)5-25-17/h4-5,28H,2,6-7H2,1H3,(H,29,30). The van der Waals surface area contributed by atoms with Crippen LogP contribution in [0.25, 0.3) is 32.2 Å². The minimum absolute atomic E-state index is 0.0284. The first-order valence-electron chi connectivity index (χ1n) is 9.99. The van der Waals surface area contributed by atoms with Gasteiger partial charge in [0, 0.05) is 22.5 Å². The number of nitrogens with zero attached hydrogens (tertiary/aromatic N) is 4. The Hall–Kier alpha value is -3.80. The van der Waals surface area contributed by atoms with Gasteiger partial charge in [0.2, 0.25) is 15.0 Å². The Kier molecular flexibility index (Phi) is 5.35. The van der Waals surface area contributed by atoms with Gasteiger partial charge in [-0.15, -0.1) is 11.3 Å². The van der Waals surface area contributed by atoms with Gasteiger partial charge in [0.15, 0.2) is 11.6 Å². The summed E-state index contributed by atoms with van der Waals surface area (Å²) in [5, 5.41) is 20.4. The van der Waals surface area contributed by atoms with E-state index in [2.05, 4.69) is 20.3 Å². The zero-order valence-electron chi connectivity index (χ0n) is 17.7. The Morgan fingerprint density at radius 1 is 1.29 bits per heavy atom. The summed E-state index contributed by atoms with van der Waals surface area (Å²) in [6, 6.07) is 1.84. The van der Waals surface area contributed by atoms with Crippen molar-refractivity contribution in [2.45, 2.75) is 25.3 Å². The molecule has 4 heterocycles. The molecule has 0 bridgehead atoms. The molecule has 1 amide bonds. The number of anilines is 1. The largest absolute Gasteiger partial charge is 0.465 e. The molecular weight excluding hydrogens is 504 g/mol. The average Bonchev–Trinajstić information content (AvgIpc) is 3.45. The van der Waals surface area contributed by atoms with E-state index in [9.17, 15) is 22.9 Å². The first-order chi connectivity index (χ1) is 16.7. The number of hydrogen-bond acceptors (Lipinski definition) is 9. The smallest absolute Gasteiger partial charge is 0.409 e. The van der Waals surface area contributed by atoms with Gasteiger partial charge in [-0.25, -0.2) is 32.0 Å². The van der Waals surface area contributed by atoms with Crippen molar-refractivity contribution in [3.63, 3.8) is 0 Å². The maximum absolute atomic E-state index is 16.1. The number of rotatable bonds is 4. The minimum Gasteiger partial charge on any atom is -0.465 e. The highest BCUT2D eigenvalue weighted by Crippen LogP contribution is 2.45. The van der Waals surface area contributed by atoms with Crippen LogP contribution in [0.4, 0.5) is 18.6 Å². The molecule has 0 spiro atoms. The van der Waals surface area contributed by atoms with Gasteiger partial charge < -0.3 is 9.84 Å². The van der Waals surface area contributed by atoms with Crippen molar-refractivity contribution >= 4 is 53.3 Å².